The van der Waals surface area contributed by atoms with Gasteiger partial charge in [-0.3, -0.25) is 4.55 Å². The Kier molecular flexibility index (Phi) is 5.72. The van der Waals surface area contributed by atoms with Gasteiger partial charge >= 0.3 is 0 Å². The summed E-state index contributed by atoms with van der Waals surface area (Å²) in [6.45, 7) is 4.43. The highest BCUT2D eigenvalue weighted by Crippen LogP contribution is 2.17. The fourth-order valence-corrected chi connectivity index (χ4v) is 2.96. The number of rotatable bonds is 6. The quantitative estimate of drug-likeness (QED) is 0.731. The van der Waals surface area contributed by atoms with E-state index in [1.54, 1.807) is 0 Å². The fourth-order valence-electron chi connectivity index (χ4n) is 2.43. The minimum atomic E-state index is -3.78. The predicted molar refractivity (Wildman–Crippen MR) is 65.2 cm³/mol. The molecule has 1 aliphatic rings. The molecule has 0 amide bonds. The van der Waals surface area contributed by atoms with Crippen LogP contribution in [0.2, 0.25) is 0 Å². The van der Waals surface area contributed by atoms with Crippen molar-refractivity contribution in [1.29, 1.82) is 0 Å². The Labute approximate surface area is 98.8 Å². The molecular weight excluding hydrogens is 226 g/mol. The molecule has 0 radical (unpaired) electrons. The molecule has 96 valence electrons. The van der Waals surface area contributed by atoms with Gasteiger partial charge in [0.1, 0.15) is 0 Å². The molecular formula is C11H23NO3S. The molecule has 1 unspecified atom stereocenters. The maximum Gasteiger partial charge on any atom is 0.264 e. The van der Waals surface area contributed by atoms with Crippen LogP contribution in [0.5, 0.6) is 0 Å². The molecule has 1 heterocycles. The summed E-state index contributed by atoms with van der Waals surface area (Å²) in [5.74, 6) is -0.0999. The van der Waals surface area contributed by atoms with Crippen LogP contribution < -0.4 is 0 Å². The van der Waals surface area contributed by atoms with Crippen LogP contribution >= 0.6 is 0 Å². The Bertz CT molecular complexity index is 284. The van der Waals surface area contributed by atoms with Crippen molar-refractivity contribution >= 4 is 10.1 Å². The molecule has 0 spiro atoms. The molecule has 1 rings (SSSR count). The zero-order valence-electron chi connectivity index (χ0n) is 10.1. The van der Waals surface area contributed by atoms with Crippen molar-refractivity contribution in [2.24, 2.45) is 0 Å². The van der Waals surface area contributed by atoms with E-state index in [0.717, 1.165) is 25.9 Å². The van der Waals surface area contributed by atoms with Crippen molar-refractivity contribution in [3.63, 3.8) is 0 Å². The third-order valence-corrected chi connectivity index (χ3v) is 4.12. The summed E-state index contributed by atoms with van der Waals surface area (Å²) in [5, 5.41) is 0. The minimum Gasteiger partial charge on any atom is -0.300 e. The van der Waals surface area contributed by atoms with Crippen molar-refractivity contribution in [2.75, 3.05) is 18.8 Å². The van der Waals surface area contributed by atoms with Crippen molar-refractivity contribution in [2.45, 2.75) is 51.5 Å². The van der Waals surface area contributed by atoms with Crippen molar-refractivity contribution in [1.82, 2.24) is 4.90 Å². The molecule has 5 heteroatoms. The second kappa shape index (κ2) is 6.57. The summed E-state index contributed by atoms with van der Waals surface area (Å²) in [6, 6.07) is 0.488. The largest absolute Gasteiger partial charge is 0.300 e. The molecule has 0 aromatic rings. The van der Waals surface area contributed by atoms with Gasteiger partial charge in [0, 0.05) is 6.04 Å². The van der Waals surface area contributed by atoms with Gasteiger partial charge in [-0.05, 0) is 45.2 Å². The van der Waals surface area contributed by atoms with Gasteiger partial charge in [0.05, 0.1) is 5.75 Å². The third-order valence-electron chi connectivity index (χ3n) is 3.32. The summed E-state index contributed by atoms with van der Waals surface area (Å²) in [6.07, 6.45) is 6.33. The average molecular weight is 249 g/mol. The lowest BCUT2D eigenvalue weighted by Gasteiger charge is -2.34. The topological polar surface area (TPSA) is 57.6 Å². The van der Waals surface area contributed by atoms with Crippen LogP contribution in [0.1, 0.15) is 45.4 Å². The molecule has 0 aromatic carbocycles. The SMILES string of the molecule is CCC(CCCS(=O)(=O)O)N1CCCCC1. The molecule has 0 aliphatic carbocycles. The van der Waals surface area contributed by atoms with E-state index in [1.165, 1.54) is 19.3 Å². The van der Waals surface area contributed by atoms with Crippen LogP contribution in [0.15, 0.2) is 0 Å². The Morgan fingerprint density at radius 2 is 1.88 bits per heavy atom. The summed E-state index contributed by atoms with van der Waals surface area (Å²) in [4.78, 5) is 2.47. The first kappa shape index (κ1) is 13.9. The highest BCUT2D eigenvalue weighted by Gasteiger charge is 2.19. The van der Waals surface area contributed by atoms with Gasteiger partial charge in [-0.2, -0.15) is 8.42 Å². The highest BCUT2D eigenvalue weighted by atomic mass is 32.2. The van der Waals surface area contributed by atoms with Gasteiger partial charge in [-0.25, -0.2) is 0 Å². The van der Waals surface area contributed by atoms with Crippen LogP contribution in [0.4, 0.5) is 0 Å². The third kappa shape index (κ3) is 5.27. The number of hydrogen-bond acceptors (Lipinski definition) is 3. The number of hydrogen-bond donors (Lipinski definition) is 1. The van der Waals surface area contributed by atoms with E-state index >= 15 is 0 Å². The maximum atomic E-state index is 10.6. The molecule has 16 heavy (non-hydrogen) atoms. The summed E-state index contributed by atoms with van der Waals surface area (Å²) < 4.78 is 29.9. The molecule has 1 N–H and O–H groups in total. The lowest BCUT2D eigenvalue weighted by Crippen LogP contribution is -2.39. The zero-order chi connectivity index (χ0) is 12.0. The summed E-state index contributed by atoms with van der Waals surface area (Å²) in [7, 11) is -3.78. The maximum absolute atomic E-state index is 10.6. The first-order chi connectivity index (χ1) is 7.53. The van der Waals surface area contributed by atoms with Gasteiger partial charge < -0.3 is 4.90 Å². The molecule has 0 aromatic heterocycles. The lowest BCUT2D eigenvalue weighted by atomic mass is 10.0. The van der Waals surface area contributed by atoms with Gasteiger partial charge in [-0.15, -0.1) is 0 Å². The van der Waals surface area contributed by atoms with Crippen LogP contribution in [0.3, 0.4) is 0 Å². The first-order valence-corrected chi connectivity index (χ1v) is 7.83. The van der Waals surface area contributed by atoms with Crippen LogP contribution in [-0.4, -0.2) is 42.8 Å². The van der Waals surface area contributed by atoms with E-state index < -0.39 is 10.1 Å². The minimum absolute atomic E-state index is 0.0999. The van der Waals surface area contributed by atoms with Crippen molar-refractivity contribution in [3.05, 3.63) is 0 Å². The zero-order valence-corrected chi connectivity index (χ0v) is 10.9. The molecule has 1 fully saturated rings. The van der Waals surface area contributed by atoms with Gasteiger partial charge in [-0.1, -0.05) is 13.3 Å². The summed E-state index contributed by atoms with van der Waals surface area (Å²) in [5.41, 5.74) is 0. The van der Waals surface area contributed by atoms with Gasteiger partial charge in [0.2, 0.25) is 0 Å². The van der Waals surface area contributed by atoms with Crippen molar-refractivity contribution < 1.29 is 13.0 Å². The monoisotopic (exact) mass is 249 g/mol. The average Bonchev–Trinajstić information content (AvgIpc) is 2.24. The highest BCUT2D eigenvalue weighted by molar-refractivity contribution is 7.85. The van der Waals surface area contributed by atoms with Gasteiger partial charge in [0.25, 0.3) is 10.1 Å². The van der Waals surface area contributed by atoms with Crippen LogP contribution in [0.25, 0.3) is 0 Å². The Morgan fingerprint density at radius 3 is 2.38 bits per heavy atom. The number of nitrogens with zero attached hydrogens (tertiary/aromatic N) is 1. The second-order valence-corrected chi connectivity index (χ2v) is 6.16. The molecule has 1 aliphatic heterocycles. The Balaban J connectivity index is 2.30. The van der Waals surface area contributed by atoms with Gasteiger partial charge in [0.15, 0.2) is 0 Å². The van der Waals surface area contributed by atoms with E-state index in [-0.39, 0.29) is 5.75 Å². The van der Waals surface area contributed by atoms with E-state index in [9.17, 15) is 8.42 Å². The molecule has 1 saturated heterocycles. The molecule has 1 atom stereocenters. The van der Waals surface area contributed by atoms with Crippen LogP contribution in [-0.2, 0) is 10.1 Å². The van der Waals surface area contributed by atoms with E-state index in [2.05, 4.69) is 11.8 Å². The fraction of sp³-hybridized carbons (Fsp3) is 1.00. The predicted octanol–water partition coefficient (Wildman–Crippen LogP) is 1.92. The standard InChI is InChI=1S/C11H23NO3S/c1-2-11(7-6-10-16(13,14)15)12-8-4-3-5-9-12/h11H,2-10H2,1H3,(H,13,14,15). The van der Waals surface area contributed by atoms with Crippen LogP contribution in [0, 0.1) is 0 Å². The lowest BCUT2D eigenvalue weighted by molar-refractivity contribution is 0.150. The van der Waals surface area contributed by atoms with E-state index in [0.29, 0.717) is 12.5 Å². The molecule has 0 saturated carbocycles. The molecule has 4 nitrogen and oxygen atoms in total. The molecule has 0 bridgehead atoms. The van der Waals surface area contributed by atoms with E-state index in [1.807, 2.05) is 0 Å². The second-order valence-electron chi connectivity index (χ2n) is 4.59. The van der Waals surface area contributed by atoms with Crippen molar-refractivity contribution in [3.8, 4) is 0 Å². The Hall–Kier alpha value is -0.130. The number of likely N-dealkylation sites (tertiary alicyclic amines) is 1. The number of piperidine rings is 1. The summed E-state index contributed by atoms with van der Waals surface area (Å²) >= 11 is 0. The Morgan fingerprint density at radius 1 is 1.25 bits per heavy atom. The smallest absolute Gasteiger partial charge is 0.264 e. The van der Waals surface area contributed by atoms with E-state index in [4.69, 9.17) is 4.55 Å². The first-order valence-electron chi connectivity index (χ1n) is 6.22. The normalized spacial score (nSPS) is 20.9.